The predicted octanol–water partition coefficient (Wildman–Crippen LogP) is 2.08. The Hall–Kier alpha value is -1.71. The second-order valence-corrected chi connectivity index (χ2v) is 9.74. The second kappa shape index (κ2) is 11.8. The highest BCUT2D eigenvalue weighted by molar-refractivity contribution is 7.99. The number of esters is 1. The summed E-state index contributed by atoms with van der Waals surface area (Å²) < 4.78 is 5.08. The van der Waals surface area contributed by atoms with Gasteiger partial charge in [-0.05, 0) is 43.4 Å². The van der Waals surface area contributed by atoms with Crippen LogP contribution in [0.3, 0.4) is 0 Å². The zero-order chi connectivity index (χ0) is 22.2. The highest BCUT2D eigenvalue weighted by atomic mass is 32.2. The van der Waals surface area contributed by atoms with Crippen molar-refractivity contribution in [1.29, 1.82) is 0 Å². The van der Waals surface area contributed by atoms with Crippen molar-refractivity contribution in [3.8, 4) is 0 Å². The largest absolute Gasteiger partial charge is 0.467 e. The molecule has 2 heterocycles. The van der Waals surface area contributed by atoms with Gasteiger partial charge in [0.05, 0.1) is 13.2 Å². The minimum atomic E-state index is -0.634. The number of thioether (sulfide) groups is 2. The Bertz CT molecular complexity index is 750. The molecule has 2 fully saturated rings. The van der Waals surface area contributed by atoms with Crippen molar-refractivity contribution < 1.29 is 19.1 Å². The number of carbonyl (C=O) groups excluding carboxylic acids is 3. The van der Waals surface area contributed by atoms with E-state index >= 15 is 0 Å². The van der Waals surface area contributed by atoms with E-state index in [-0.39, 0.29) is 29.9 Å². The van der Waals surface area contributed by atoms with Crippen LogP contribution in [0.15, 0.2) is 30.3 Å². The monoisotopic (exact) mass is 465 g/mol. The van der Waals surface area contributed by atoms with Crippen LogP contribution in [0.1, 0.15) is 29.6 Å². The summed E-state index contributed by atoms with van der Waals surface area (Å²) in [6, 6.07) is 8.21. The average Bonchev–Trinajstić information content (AvgIpc) is 3.36. The fourth-order valence-electron chi connectivity index (χ4n) is 4.17. The second-order valence-electron chi connectivity index (χ2n) is 7.73. The summed E-state index contributed by atoms with van der Waals surface area (Å²) >= 11 is 3.37. The number of nitrogens with zero attached hydrogens (tertiary/aromatic N) is 2. The van der Waals surface area contributed by atoms with Crippen LogP contribution < -0.4 is 5.32 Å². The Morgan fingerprint density at radius 1 is 1.26 bits per heavy atom. The lowest BCUT2D eigenvalue weighted by Gasteiger charge is -2.42. The number of likely N-dealkylation sites (tertiary alicyclic amines) is 1. The van der Waals surface area contributed by atoms with Gasteiger partial charge in [0, 0.05) is 36.3 Å². The topological polar surface area (TPSA) is 79.0 Å². The highest BCUT2D eigenvalue weighted by Crippen LogP contribution is 2.25. The van der Waals surface area contributed by atoms with Gasteiger partial charge < -0.3 is 14.5 Å². The first kappa shape index (κ1) is 23.9. The maximum absolute atomic E-state index is 13.5. The quantitative estimate of drug-likeness (QED) is 0.589. The van der Waals surface area contributed by atoms with Crippen molar-refractivity contribution in [2.45, 2.75) is 37.4 Å². The summed E-state index contributed by atoms with van der Waals surface area (Å²) in [7, 11) is 1.37. The van der Waals surface area contributed by atoms with Crippen LogP contribution in [0, 0.1) is 0 Å². The smallest absolute Gasteiger partial charge is 0.328 e. The van der Waals surface area contributed by atoms with E-state index in [9.17, 15) is 14.4 Å². The molecule has 0 unspecified atom stereocenters. The maximum atomic E-state index is 13.5. The van der Waals surface area contributed by atoms with E-state index in [0.29, 0.717) is 37.9 Å². The van der Waals surface area contributed by atoms with Gasteiger partial charge in [0.15, 0.2) is 0 Å². The zero-order valence-electron chi connectivity index (χ0n) is 18.1. The molecule has 0 saturated carbocycles. The van der Waals surface area contributed by atoms with Gasteiger partial charge in [0.25, 0.3) is 5.91 Å². The summed E-state index contributed by atoms with van der Waals surface area (Å²) in [5, 5.41) is 3.24. The number of rotatable bonds is 8. The third-order valence-corrected chi connectivity index (χ3v) is 7.43. The van der Waals surface area contributed by atoms with Crippen molar-refractivity contribution in [2.24, 2.45) is 0 Å². The van der Waals surface area contributed by atoms with Crippen molar-refractivity contribution in [3.63, 3.8) is 0 Å². The van der Waals surface area contributed by atoms with Gasteiger partial charge in [-0.25, -0.2) is 4.79 Å². The van der Waals surface area contributed by atoms with Gasteiger partial charge in [0.2, 0.25) is 5.91 Å². The SMILES string of the molecule is COC(=O)[C@H](CCSC)N(C(=O)c1ccccc1)C1CCN(C(=O)[C@H]2CSCN2)CC1. The van der Waals surface area contributed by atoms with Crippen LogP contribution in [0.4, 0.5) is 0 Å². The third kappa shape index (κ3) is 5.96. The first-order valence-corrected chi connectivity index (χ1v) is 13.2. The highest BCUT2D eigenvalue weighted by Gasteiger charge is 2.39. The van der Waals surface area contributed by atoms with Crippen LogP contribution in [0.2, 0.25) is 0 Å². The van der Waals surface area contributed by atoms with Crippen LogP contribution in [0.25, 0.3) is 0 Å². The number of hydrogen-bond acceptors (Lipinski definition) is 7. The number of carbonyl (C=O) groups is 3. The molecule has 0 radical (unpaired) electrons. The number of nitrogens with one attached hydrogen (secondary N) is 1. The van der Waals surface area contributed by atoms with E-state index in [0.717, 1.165) is 17.4 Å². The molecule has 2 aliphatic heterocycles. The standard InChI is InChI=1S/C22H31N3O4S2/c1-29-22(28)19(10-13-30-2)25(20(26)16-6-4-3-5-7-16)17-8-11-24(12-9-17)21(27)18-14-31-15-23-18/h3-7,17-19,23H,8-15H2,1-2H3/t18-,19+/m1/s1. The summed E-state index contributed by atoms with van der Waals surface area (Å²) in [4.78, 5) is 42.6. The Kier molecular flexibility index (Phi) is 9.10. The van der Waals surface area contributed by atoms with Crippen molar-refractivity contribution in [1.82, 2.24) is 15.1 Å². The van der Waals surface area contributed by atoms with E-state index in [2.05, 4.69) is 5.32 Å². The molecule has 2 amide bonds. The predicted molar refractivity (Wildman–Crippen MR) is 125 cm³/mol. The minimum Gasteiger partial charge on any atom is -0.467 e. The van der Waals surface area contributed by atoms with E-state index < -0.39 is 6.04 Å². The van der Waals surface area contributed by atoms with Crippen LogP contribution in [-0.4, -0.2) is 89.5 Å². The lowest BCUT2D eigenvalue weighted by Crippen LogP contribution is -2.56. The Balaban J connectivity index is 1.78. The fourth-order valence-corrected chi connectivity index (χ4v) is 5.56. The van der Waals surface area contributed by atoms with Gasteiger partial charge in [0.1, 0.15) is 6.04 Å². The van der Waals surface area contributed by atoms with Crippen molar-refractivity contribution in [2.75, 3.05) is 43.8 Å². The molecule has 0 aromatic heterocycles. The molecular weight excluding hydrogens is 434 g/mol. The molecule has 2 saturated heterocycles. The molecule has 0 spiro atoms. The molecule has 1 aromatic rings. The maximum Gasteiger partial charge on any atom is 0.328 e. The molecule has 2 atom stereocenters. The zero-order valence-corrected chi connectivity index (χ0v) is 19.8. The first-order valence-electron chi connectivity index (χ1n) is 10.6. The molecule has 0 aliphatic carbocycles. The summed E-state index contributed by atoms with van der Waals surface area (Å²) in [5.74, 6) is 1.95. The number of ether oxygens (including phenoxy) is 1. The molecule has 1 aromatic carbocycles. The van der Waals surface area contributed by atoms with Crippen LogP contribution >= 0.6 is 23.5 Å². The van der Waals surface area contributed by atoms with Gasteiger partial charge in [-0.1, -0.05) is 18.2 Å². The normalized spacial score (nSPS) is 20.3. The molecule has 2 aliphatic rings. The Morgan fingerprint density at radius 2 is 1.97 bits per heavy atom. The number of methoxy groups -OCH3 is 1. The van der Waals surface area contributed by atoms with Gasteiger partial charge in [-0.15, -0.1) is 11.8 Å². The lowest BCUT2D eigenvalue weighted by molar-refractivity contribution is -0.147. The number of benzene rings is 1. The average molecular weight is 466 g/mol. The van der Waals surface area contributed by atoms with Gasteiger partial charge in [-0.3, -0.25) is 14.9 Å². The summed E-state index contributed by atoms with van der Waals surface area (Å²) in [5.41, 5.74) is 0.561. The number of hydrogen-bond donors (Lipinski definition) is 1. The van der Waals surface area contributed by atoms with Crippen molar-refractivity contribution >= 4 is 41.3 Å². The van der Waals surface area contributed by atoms with Crippen LogP contribution in [-0.2, 0) is 14.3 Å². The lowest BCUT2D eigenvalue weighted by atomic mass is 9.98. The van der Waals surface area contributed by atoms with Gasteiger partial charge >= 0.3 is 5.97 Å². The van der Waals surface area contributed by atoms with E-state index in [4.69, 9.17) is 4.74 Å². The minimum absolute atomic E-state index is 0.117. The molecule has 170 valence electrons. The van der Waals surface area contributed by atoms with E-state index in [1.165, 1.54) is 7.11 Å². The third-order valence-electron chi connectivity index (χ3n) is 5.84. The first-order chi connectivity index (χ1) is 15.1. The van der Waals surface area contributed by atoms with Crippen LogP contribution in [0.5, 0.6) is 0 Å². The van der Waals surface area contributed by atoms with Gasteiger partial charge in [-0.2, -0.15) is 11.8 Å². The summed E-state index contributed by atoms with van der Waals surface area (Å²) in [6.07, 6.45) is 3.82. The number of piperidine rings is 1. The molecule has 3 rings (SSSR count). The molecule has 9 heteroatoms. The molecule has 7 nitrogen and oxygen atoms in total. The molecular formula is C22H31N3O4S2. The Labute approximate surface area is 192 Å². The Morgan fingerprint density at radius 3 is 2.55 bits per heavy atom. The van der Waals surface area contributed by atoms with E-state index in [1.54, 1.807) is 40.6 Å². The summed E-state index contributed by atoms with van der Waals surface area (Å²) in [6.45, 7) is 1.17. The van der Waals surface area contributed by atoms with Crippen molar-refractivity contribution in [3.05, 3.63) is 35.9 Å². The van der Waals surface area contributed by atoms with E-state index in [1.807, 2.05) is 29.4 Å². The number of amides is 2. The fraction of sp³-hybridized carbons (Fsp3) is 0.591. The molecule has 0 bridgehead atoms. The molecule has 31 heavy (non-hydrogen) atoms. The molecule has 1 N–H and O–H groups in total.